The van der Waals surface area contributed by atoms with E-state index in [1.165, 1.54) is 11.6 Å². The molecule has 29 heavy (non-hydrogen) atoms. The summed E-state index contributed by atoms with van der Waals surface area (Å²) in [7, 11) is 0. The third kappa shape index (κ3) is 4.57. The zero-order chi connectivity index (χ0) is 20.1. The van der Waals surface area contributed by atoms with Gasteiger partial charge in [-0.05, 0) is 17.7 Å². The van der Waals surface area contributed by atoms with Crippen molar-refractivity contribution in [2.75, 3.05) is 32.8 Å². The summed E-state index contributed by atoms with van der Waals surface area (Å²) in [6, 6.07) is 21.3. The number of aromatic amines is 1. The van der Waals surface area contributed by atoms with Gasteiger partial charge < -0.3 is 14.2 Å². The van der Waals surface area contributed by atoms with Gasteiger partial charge in [-0.15, -0.1) is 0 Å². The Bertz CT molecular complexity index is 976. The minimum Gasteiger partial charge on any atom is -0.492 e. The summed E-state index contributed by atoms with van der Waals surface area (Å²) in [5, 5.41) is 2.16. The van der Waals surface area contributed by atoms with Crippen LogP contribution < -0.4 is 10.3 Å². The van der Waals surface area contributed by atoms with E-state index < -0.39 is 5.56 Å². The zero-order valence-electron chi connectivity index (χ0n) is 16.0. The number of aromatic nitrogens is 1. The van der Waals surface area contributed by atoms with Crippen molar-refractivity contribution < 1.29 is 14.1 Å². The number of H-pyrrole nitrogens is 1. The van der Waals surface area contributed by atoms with Crippen LogP contribution in [-0.2, 0) is 0 Å². The monoisotopic (exact) mass is 393 g/mol. The number of carbonyl (C=O) groups is 1. The number of benzene rings is 2. The van der Waals surface area contributed by atoms with Gasteiger partial charge in [-0.25, -0.2) is 0 Å². The van der Waals surface area contributed by atoms with Crippen LogP contribution in [0.4, 0.5) is 0 Å². The predicted molar refractivity (Wildman–Crippen MR) is 108 cm³/mol. The van der Waals surface area contributed by atoms with Gasteiger partial charge in [-0.2, -0.15) is 5.16 Å². The second-order valence-corrected chi connectivity index (χ2v) is 6.96. The SMILES string of the molecule is O=C(c1cc(=O)[nH]o1)N1CCN(C(COc2ccccc2)c2ccccc2)CC1. The Balaban J connectivity index is 1.43. The molecule has 7 heteroatoms. The minimum atomic E-state index is -0.408. The molecule has 0 radical (unpaired) electrons. The molecule has 1 aliphatic rings. The van der Waals surface area contributed by atoms with Gasteiger partial charge in [0.05, 0.1) is 12.1 Å². The summed E-state index contributed by atoms with van der Waals surface area (Å²) < 4.78 is 11.0. The molecule has 1 fully saturated rings. The molecule has 1 N–H and O–H groups in total. The Morgan fingerprint density at radius 2 is 1.66 bits per heavy atom. The molecule has 0 bridgehead atoms. The first-order valence-corrected chi connectivity index (χ1v) is 9.65. The first kappa shape index (κ1) is 19.0. The van der Waals surface area contributed by atoms with E-state index in [2.05, 4.69) is 22.2 Å². The number of carbonyl (C=O) groups excluding carboxylic acids is 1. The average molecular weight is 393 g/mol. The van der Waals surface area contributed by atoms with Crippen LogP contribution in [0.15, 0.2) is 76.0 Å². The summed E-state index contributed by atoms with van der Waals surface area (Å²) in [4.78, 5) is 27.8. The summed E-state index contributed by atoms with van der Waals surface area (Å²) in [5.74, 6) is 0.625. The van der Waals surface area contributed by atoms with Gasteiger partial charge in [0.25, 0.3) is 11.5 Å². The van der Waals surface area contributed by atoms with Crippen LogP contribution >= 0.6 is 0 Å². The molecule has 2 aromatic carbocycles. The smallest absolute Gasteiger partial charge is 0.292 e. The molecule has 1 aromatic heterocycles. The molecule has 1 aliphatic heterocycles. The van der Waals surface area contributed by atoms with E-state index in [1.807, 2.05) is 48.5 Å². The lowest BCUT2D eigenvalue weighted by Crippen LogP contribution is -2.50. The van der Waals surface area contributed by atoms with Gasteiger partial charge in [0, 0.05) is 26.2 Å². The third-order valence-corrected chi connectivity index (χ3v) is 5.11. The molecule has 150 valence electrons. The molecular weight excluding hydrogens is 370 g/mol. The minimum absolute atomic E-state index is 0.0514. The van der Waals surface area contributed by atoms with Crippen molar-refractivity contribution in [3.8, 4) is 5.75 Å². The Hall–Kier alpha value is -3.32. The van der Waals surface area contributed by atoms with Gasteiger partial charge in [0.2, 0.25) is 5.76 Å². The number of hydrogen-bond acceptors (Lipinski definition) is 5. The van der Waals surface area contributed by atoms with Crippen molar-refractivity contribution in [3.05, 3.63) is 88.4 Å². The lowest BCUT2D eigenvalue weighted by molar-refractivity contribution is 0.0468. The Morgan fingerprint density at radius 1 is 1.00 bits per heavy atom. The number of hydrogen-bond donors (Lipinski definition) is 1. The van der Waals surface area contributed by atoms with Crippen molar-refractivity contribution in [1.29, 1.82) is 0 Å². The van der Waals surface area contributed by atoms with Crippen LogP contribution in [0.25, 0.3) is 0 Å². The number of amides is 1. The maximum Gasteiger partial charge on any atom is 0.292 e. The number of piperazine rings is 1. The van der Waals surface area contributed by atoms with E-state index in [-0.39, 0.29) is 17.7 Å². The van der Waals surface area contributed by atoms with Crippen LogP contribution in [0.2, 0.25) is 0 Å². The molecule has 3 aromatic rings. The molecule has 0 saturated carbocycles. The van der Waals surface area contributed by atoms with E-state index in [9.17, 15) is 9.59 Å². The van der Waals surface area contributed by atoms with E-state index in [4.69, 9.17) is 9.26 Å². The maximum atomic E-state index is 12.5. The summed E-state index contributed by atoms with van der Waals surface area (Å²) >= 11 is 0. The van der Waals surface area contributed by atoms with Crippen LogP contribution in [-0.4, -0.2) is 53.6 Å². The van der Waals surface area contributed by atoms with Crippen molar-refractivity contribution in [2.24, 2.45) is 0 Å². The predicted octanol–water partition coefficient (Wildman–Crippen LogP) is 2.55. The lowest BCUT2D eigenvalue weighted by atomic mass is 10.0. The number of para-hydroxylation sites is 1. The topological polar surface area (TPSA) is 78.8 Å². The van der Waals surface area contributed by atoms with Gasteiger partial charge in [-0.1, -0.05) is 48.5 Å². The molecule has 4 rings (SSSR count). The summed E-state index contributed by atoms with van der Waals surface area (Å²) in [6.45, 7) is 3.05. The highest BCUT2D eigenvalue weighted by Crippen LogP contribution is 2.24. The Morgan fingerprint density at radius 3 is 2.28 bits per heavy atom. The molecule has 2 heterocycles. The largest absolute Gasteiger partial charge is 0.492 e. The number of ether oxygens (including phenoxy) is 1. The maximum absolute atomic E-state index is 12.5. The fourth-order valence-electron chi connectivity index (χ4n) is 3.56. The average Bonchev–Trinajstić information content (AvgIpc) is 3.22. The van der Waals surface area contributed by atoms with Gasteiger partial charge >= 0.3 is 0 Å². The van der Waals surface area contributed by atoms with E-state index >= 15 is 0 Å². The van der Waals surface area contributed by atoms with Crippen LogP contribution in [0, 0.1) is 0 Å². The van der Waals surface area contributed by atoms with E-state index in [0.29, 0.717) is 32.8 Å². The molecule has 1 amide bonds. The van der Waals surface area contributed by atoms with Gasteiger partial charge in [0.1, 0.15) is 12.4 Å². The fourth-order valence-corrected chi connectivity index (χ4v) is 3.56. The van der Waals surface area contributed by atoms with Crippen molar-refractivity contribution in [2.45, 2.75) is 6.04 Å². The molecule has 0 spiro atoms. The Kier molecular flexibility index (Phi) is 5.76. The molecule has 7 nitrogen and oxygen atoms in total. The lowest BCUT2D eigenvalue weighted by Gasteiger charge is -2.39. The number of rotatable bonds is 6. The van der Waals surface area contributed by atoms with Crippen LogP contribution in [0.3, 0.4) is 0 Å². The van der Waals surface area contributed by atoms with Crippen molar-refractivity contribution >= 4 is 5.91 Å². The zero-order valence-corrected chi connectivity index (χ0v) is 16.0. The molecular formula is C22H23N3O4. The highest BCUT2D eigenvalue weighted by Gasteiger charge is 2.29. The first-order valence-electron chi connectivity index (χ1n) is 9.65. The third-order valence-electron chi connectivity index (χ3n) is 5.11. The molecule has 1 unspecified atom stereocenters. The summed E-state index contributed by atoms with van der Waals surface area (Å²) in [5.41, 5.74) is 0.772. The number of nitrogens with zero attached hydrogens (tertiary/aromatic N) is 2. The normalized spacial score (nSPS) is 15.8. The second kappa shape index (κ2) is 8.79. The van der Waals surface area contributed by atoms with Crippen LogP contribution in [0.1, 0.15) is 22.2 Å². The van der Waals surface area contributed by atoms with Crippen molar-refractivity contribution in [3.63, 3.8) is 0 Å². The first-order chi connectivity index (χ1) is 14.2. The van der Waals surface area contributed by atoms with Gasteiger partial charge in [0.15, 0.2) is 0 Å². The second-order valence-electron chi connectivity index (χ2n) is 6.96. The molecule has 1 atom stereocenters. The highest BCUT2D eigenvalue weighted by molar-refractivity contribution is 5.91. The number of nitrogens with one attached hydrogen (secondary N) is 1. The van der Waals surface area contributed by atoms with E-state index in [1.54, 1.807) is 4.90 Å². The molecule has 0 aliphatic carbocycles. The van der Waals surface area contributed by atoms with Crippen LogP contribution in [0.5, 0.6) is 5.75 Å². The van der Waals surface area contributed by atoms with Gasteiger partial charge in [-0.3, -0.25) is 14.5 Å². The standard InChI is InChI=1S/C22H23N3O4/c26-21-15-20(29-23-21)22(27)25-13-11-24(12-14-25)19(17-7-3-1-4-8-17)16-28-18-9-5-2-6-10-18/h1-10,15,19H,11-14,16H2,(H,23,26). The Labute approximate surface area is 168 Å². The quantitative estimate of drug-likeness (QED) is 0.696. The van der Waals surface area contributed by atoms with Crippen molar-refractivity contribution in [1.82, 2.24) is 15.0 Å². The fraction of sp³-hybridized carbons (Fsp3) is 0.273. The highest BCUT2D eigenvalue weighted by atomic mass is 16.5. The molecule has 1 saturated heterocycles. The summed E-state index contributed by atoms with van der Waals surface area (Å²) in [6.07, 6.45) is 0. The van der Waals surface area contributed by atoms with E-state index in [0.717, 1.165) is 5.75 Å².